The van der Waals surface area contributed by atoms with Crippen LogP contribution in [0.3, 0.4) is 0 Å². The summed E-state index contributed by atoms with van der Waals surface area (Å²) in [5, 5.41) is 11.2. The summed E-state index contributed by atoms with van der Waals surface area (Å²) in [5.41, 5.74) is 0.970. The Morgan fingerprint density at radius 1 is 1.28 bits per heavy atom. The highest BCUT2D eigenvalue weighted by Gasteiger charge is 2.52. The second-order valence-electron chi connectivity index (χ2n) is 8.13. The minimum absolute atomic E-state index is 0.306. The first kappa shape index (κ1) is 24.3. The summed E-state index contributed by atoms with van der Waals surface area (Å²) < 4.78 is 23.6. The molecule has 2 aliphatic heterocycles. The zero-order chi connectivity index (χ0) is 23.1. The van der Waals surface area contributed by atoms with Crippen molar-refractivity contribution in [1.82, 2.24) is 0 Å². The van der Waals surface area contributed by atoms with Gasteiger partial charge < -0.3 is 24.1 Å². The van der Waals surface area contributed by atoms with E-state index in [1.165, 1.54) is 13.0 Å². The van der Waals surface area contributed by atoms with E-state index in [1.807, 2.05) is 37.3 Å². The largest absolute Gasteiger partial charge is 0.456 e. The van der Waals surface area contributed by atoms with E-state index in [2.05, 4.69) is 6.58 Å². The van der Waals surface area contributed by atoms with E-state index in [0.29, 0.717) is 19.4 Å². The number of hydrogen-bond acceptors (Lipinski definition) is 7. The van der Waals surface area contributed by atoms with Crippen molar-refractivity contribution in [2.45, 2.75) is 82.4 Å². The van der Waals surface area contributed by atoms with Crippen molar-refractivity contribution in [1.29, 1.82) is 0 Å². The molecule has 1 saturated heterocycles. The van der Waals surface area contributed by atoms with E-state index in [1.54, 1.807) is 12.2 Å². The molecule has 1 fully saturated rings. The molecular weight excluding hydrogens is 412 g/mol. The van der Waals surface area contributed by atoms with E-state index in [4.69, 9.17) is 18.9 Å². The lowest BCUT2D eigenvalue weighted by atomic mass is 9.95. The van der Waals surface area contributed by atoms with Gasteiger partial charge in [-0.25, -0.2) is 0 Å². The molecule has 1 aromatic rings. The number of esters is 1. The van der Waals surface area contributed by atoms with E-state index in [9.17, 15) is 14.7 Å². The average molecular weight is 445 g/mol. The van der Waals surface area contributed by atoms with Gasteiger partial charge in [0.05, 0.1) is 18.8 Å². The molecule has 7 atom stereocenters. The molecule has 2 aliphatic rings. The molecule has 1 unspecified atom stereocenters. The topological polar surface area (TPSA) is 91.3 Å². The molecule has 7 nitrogen and oxygen atoms in total. The molecule has 0 saturated carbocycles. The molecule has 0 amide bonds. The van der Waals surface area contributed by atoms with Crippen LogP contribution >= 0.6 is 0 Å². The number of ketones is 1. The number of benzene rings is 1. The minimum Gasteiger partial charge on any atom is -0.456 e. The van der Waals surface area contributed by atoms with Crippen molar-refractivity contribution in [2.75, 3.05) is 0 Å². The summed E-state index contributed by atoms with van der Waals surface area (Å²) in [5.74, 6) is -0.925. The van der Waals surface area contributed by atoms with Crippen LogP contribution in [-0.4, -0.2) is 59.6 Å². The fraction of sp³-hybridized carbons (Fsp3) is 0.520. The Morgan fingerprint density at radius 2 is 2.03 bits per heavy atom. The van der Waals surface area contributed by atoms with Crippen molar-refractivity contribution in [3.05, 3.63) is 60.7 Å². The van der Waals surface area contributed by atoms with Crippen molar-refractivity contribution in [2.24, 2.45) is 0 Å². The Kier molecular flexibility index (Phi) is 8.75. The highest BCUT2D eigenvalue weighted by atomic mass is 16.6. The van der Waals surface area contributed by atoms with Gasteiger partial charge in [0.1, 0.15) is 18.3 Å². The normalized spacial score (nSPS) is 30.8. The Morgan fingerprint density at radius 3 is 2.69 bits per heavy atom. The number of aliphatic hydroxyl groups excluding tert-OH is 1. The molecule has 3 rings (SSSR count). The van der Waals surface area contributed by atoms with Gasteiger partial charge >= 0.3 is 5.97 Å². The van der Waals surface area contributed by atoms with E-state index < -0.39 is 42.6 Å². The quantitative estimate of drug-likeness (QED) is 0.438. The predicted octanol–water partition coefficient (Wildman–Crippen LogP) is 2.90. The van der Waals surface area contributed by atoms with Gasteiger partial charge in [-0.3, -0.25) is 9.59 Å². The van der Waals surface area contributed by atoms with Crippen LogP contribution in [-0.2, 0) is 35.1 Å². The van der Waals surface area contributed by atoms with E-state index in [0.717, 1.165) is 12.0 Å². The third-order valence-corrected chi connectivity index (χ3v) is 5.63. The highest BCUT2D eigenvalue weighted by molar-refractivity contribution is 5.95. The predicted molar refractivity (Wildman–Crippen MR) is 118 cm³/mol. The molecule has 7 heteroatoms. The molecule has 1 aromatic carbocycles. The number of aliphatic hydroxyl groups is 1. The Hall–Kier alpha value is -2.32. The Bertz CT molecular complexity index is 806. The molecule has 174 valence electrons. The standard InChI is InChI=1S/C25H32O7/c1-4-9-18-13-14-19(27)22(31-18)25(30-16(3)26)24-21(28)23(20(32-24)10-5-2)29-15-17-11-7-6-8-12-17/h4,6-8,11-14,18,20-25,28H,1,5,9-10,15H2,2-3H3/t18?,20-,21-,22+,23+,24-,25-/m1/s1. The van der Waals surface area contributed by atoms with Crippen LogP contribution in [0.1, 0.15) is 38.7 Å². The van der Waals surface area contributed by atoms with Crippen molar-refractivity contribution in [3.8, 4) is 0 Å². The summed E-state index contributed by atoms with van der Waals surface area (Å²) in [4.78, 5) is 24.5. The molecular formula is C25H32O7. The summed E-state index contributed by atoms with van der Waals surface area (Å²) in [6.45, 7) is 7.28. The highest BCUT2D eigenvalue weighted by Crippen LogP contribution is 2.33. The zero-order valence-electron chi connectivity index (χ0n) is 18.6. The Labute approximate surface area is 189 Å². The maximum Gasteiger partial charge on any atom is 0.303 e. The number of rotatable bonds is 10. The summed E-state index contributed by atoms with van der Waals surface area (Å²) in [6, 6.07) is 9.64. The first-order valence-corrected chi connectivity index (χ1v) is 11.1. The van der Waals surface area contributed by atoms with Gasteiger partial charge in [0.2, 0.25) is 0 Å². The van der Waals surface area contributed by atoms with Crippen LogP contribution in [0.4, 0.5) is 0 Å². The molecule has 0 radical (unpaired) electrons. The molecule has 0 aromatic heterocycles. The van der Waals surface area contributed by atoms with Crippen molar-refractivity contribution < 1.29 is 33.6 Å². The lowest BCUT2D eigenvalue weighted by Gasteiger charge is -2.34. The fourth-order valence-electron chi connectivity index (χ4n) is 4.16. The summed E-state index contributed by atoms with van der Waals surface area (Å²) in [7, 11) is 0. The van der Waals surface area contributed by atoms with E-state index >= 15 is 0 Å². The third kappa shape index (κ3) is 5.92. The molecule has 32 heavy (non-hydrogen) atoms. The molecule has 0 aliphatic carbocycles. The van der Waals surface area contributed by atoms with Gasteiger partial charge in [-0.15, -0.1) is 6.58 Å². The average Bonchev–Trinajstić information content (AvgIpc) is 3.08. The minimum atomic E-state index is -1.10. The summed E-state index contributed by atoms with van der Waals surface area (Å²) >= 11 is 0. The molecule has 0 bridgehead atoms. The first-order valence-electron chi connectivity index (χ1n) is 11.1. The summed E-state index contributed by atoms with van der Waals surface area (Å²) in [6.07, 6.45) is 1.10. The SMILES string of the molecule is C=CCC1C=CC(=O)[C@@H]([C@@H](OC(C)=O)[C@@H]2O[C@H](CCC)[C@H](OCc3ccccc3)[C@H]2O)O1. The van der Waals surface area contributed by atoms with Crippen LogP contribution in [0, 0.1) is 0 Å². The van der Waals surface area contributed by atoms with Crippen molar-refractivity contribution in [3.63, 3.8) is 0 Å². The van der Waals surface area contributed by atoms with Crippen LogP contribution in [0.5, 0.6) is 0 Å². The maximum atomic E-state index is 12.6. The van der Waals surface area contributed by atoms with Gasteiger partial charge in [0, 0.05) is 6.92 Å². The Balaban J connectivity index is 1.80. The monoisotopic (exact) mass is 444 g/mol. The first-order chi connectivity index (χ1) is 15.4. The lowest BCUT2D eigenvalue weighted by molar-refractivity contribution is -0.182. The molecule has 1 N–H and O–H groups in total. The second kappa shape index (κ2) is 11.5. The number of hydrogen-bond donors (Lipinski definition) is 1. The van der Waals surface area contributed by atoms with Gasteiger partial charge in [-0.2, -0.15) is 0 Å². The van der Waals surface area contributed by atoms with E-state index in [-0.39, 0.29) is 11.9 Å². The second-order valence-corrected chi connectivity index (χ2v) is 8.13. The van der Waals surface area contributed by atoms with Crippen LogP contribution in [0.15, 0.2) is 55.1 Å². The van der Waals surface area contributed by atoms with Crippen LogP contribution in [0.25, 0.3) is 0 Å². The fourth-order valence-corrected chi connectivity index (χ4v) is 4.16. The van der Waals surface area contributed by atoms with Gasteiger partial charge in [-0.05, 0) is 24.5 Å². The van der Waals surface area contributed by atoms with Gasteiger partial charge in [0.15, 0.2) is 18.0 Å². The number of carbonyl (C=O) groups is 2. The number of carbonyl (C=O) groups excluding carboxylic acids is 2. The van der Waals surface area contributed by atoms with Gasteiger partial charge in [-0.1, -0.05) is 55.8 Å². The smallest absolute Gasteiger partial charge is 0.303 e. The van der Waals surface area contributed by atoms with Crippen LogP contribution < -0.4 is 0 Å². The zero-order valence-corrected chi connectivity index (χ0v) is 18.6. The maximum absolute atomic E-state index is 12.6. The molecule has 2 heterocycles. The lowest BCUT2D eigenvalue weighted by Crippen LogP contribution is -2.52. The van der Waals surface area contributed by atoms with Crippen molar-refractivity contribution >= 4 is 11.8 Å². The number of ether oxygens (including phenoxy) is 4. The van der Waals surface area contributed by atoms with Gasteiger partial charge in [0.25, 0.3) is 0 Å². The molecule has 0 spiro atoms. The third-order valence-electron chi connectivity index (χ3n) is 5.63. The van der Waals surface area contributed by atoms with Crippen LogP contribution in [0.2, 0.25) is 0 Å².